The maximum atomic E-state index is 14.8. The molecule has 0 radical (unpaired) electrons. The Hall–Kier alpha value is -3.03. The van der Waals surface area contributed by atoms with Crippen LogP contribution in [0.15, 0.2) is 59.4 Å². The zero-order valence-corrected chi connectivity index (χ0v) is 19.4. The first-order chi connectivity index (χ1) is 16.4. The van der Waals surface area contributed by atoms with Gasteiger partial charge in [0.1, 0.15) is 12.4 Å². The molecule has 0 unspecified atom stereocenters. The standard InChI is InChI=1S/C26H26ClFN2O4/c27-22-8-4-7-20(25(22)28)21-13-23(31)30(29-26(21)19-5-2-1-3-6-19)14-17-9-11-18(12-10-17)15-34-16-24(32)33/h1-8,13,17-18H,9-12,14-16H2,(H,32,33). The second kappa shape index (κ2) is 10.9. The van der Waals surface area contributed by atoms with Gasteiger partial charge in [-0.1, -0.05) is 54.1 Å². The Bertz CT molecular complexity index is 1210. The van der Waals surface area contributed by atoms with Crippen LogP contribution in [0.3, 0.4) is 0 Å². The Kier molecular flexibility index (Phi) is 7.75. The largest absolute Gasteiger partial charge is 0.480 e. The molecule has 1 heterocycles. The SMILES string of the molecule is O=C(O)COCC1CCC(Cn2nc(-c3ccccc3)c(-c3cccc(Cl)c3F)cc2=O)CC1. The van der Waals surface area contributed by atoms with E-state index in [1.54, 1.807) is 12.1 Å². The highest BCUT2D eigenvalue weighted by Crippen LogP contribution is 2.34. The van der Waals surface area contributed by atoms with E-state index in [4.69, 9.17) is 21.4 Å². The van der Waals surface area contributed by atoms with Crippen LogP contribution in [-0.4, -0.2) is 34.1 Å². The molecule has 1 aliphatic rings. The summed E-state index contributed by atoms with van der Waals surface area (Å²) in [6, 6.07) is 15.6. The summed E-state index contributed by atoms with van der Waals surface area (Å²) in [5, 5.41) is 13.4. The lowest BCUT2D eigenvalue weighted by molar-refractivity contribution is -0.142. The minimum Gasteiger partial charge on any atom is -0.480 e. The molecular weight excluding hydrogens is 459 g/mol. The number of nitrogens with zero attached hydrogens (tertiary/aromatic N) is 2. The second-order valence-corrected chi connectivity index (χ2v) is 9.10. The van der Waals surface area contributed by atoms with E-state index in [-0.39, 0.29) is 28.7 Å². The van der Waals surface area contributed by atoms with E-state index in [1.807, 2.05) is 30.3 Å². The van der Waals surface area contributed by atoms with Crippen LogP contribution in [0.2, 0.25) is 5.02 Å². The molecule has 2 aromatic carbocycles. The van der Waals surface area contributed by atoms with Gasteiger partial charge in [-0.2, -0.15) is 5.10 Å². The fourth-order valence-electron chi connectivity index (χ4n) is 4.49. The van der Waals surface area contributed by atoms with Gasteiger partial charge in [-0.05, 0) is 43.6 Å². The summed E-state index contributed by atoms with van der Waals surface area (Å²) in [4.78, 5) is 23.6. The van der Waals surface area contributed by atoms with Crippen LogP contribution in [-0.2, 0) is 16.1 Å². The highest BCUT2D eigenvalue weighted by atomic mass is 35.5. The Morgan fingerprint density at radius 1 is 1.06 bits per heavy atom. The quantitative estimate of drug-likeness (QED) is 0.470. The first-order valence-electron chi connectivity index (χ1n) is 11.3. The smallest absolute Gasteiger partial charge is 0.329 e. The number of halogens is 2. The lowest BCUT2D eigenvalue weighted by Gasteiger charge is -2.28. The van der Waals surface area contributed by atoms with E-state index < -0.39 is 11.8 Å². The second-order valence-electron chi connectivity index (χ2n) is 8.69. The van der Waals surface area contributed by atoms with E-state index in [1.165, 1.54) is 16.8 Å². The van der Waals surface area contributed by atoms with E-state index >= 15 is 0 Å². The first-order valence-corrected chi connectivity index (χ1v) is 11.7. The van der Waals surface area contributed by atoms with E-state index in [0.29, 0.717) is 30.3 Å². The van der Waals surface area contributed by atoms with Crippen LogP contribution in [0.5, 0.6) is 0 Å². The number of carbonyl (C=O) groups is 1. The van der Waals surface area contributed by atoms with Crippen molar-refractivity contribution in [1.82, 2.24) is 9.78 Å². The molecule has 1 N–H and O–H groups in total. The number of ether oxygens (including phenoxy) is 1. The van der Waals surface area contributed by atoms with E-state index in [9.17, 15) is 14.0 Å². The lowest BCUT2D eigenvalue weighted by Crippen LogP contribution is -2.29. The summed E-state index contributed by atoms with van der Waals surface area (Å²) in [6.45, 7) is 0.635. The van der Waals surface area contributed by atoms with Crippen molar-refractivity contribution in [3.05, 3.63) is 75.8 Å². The summed E-state index contributed by atoms with van der Waals surface area (Å²) in [6.07, 6.45) is 3.63. The third-order valence-corrected chi connectivity index (χ3v) is 6.56. The van der Waals surface area contributed by atoms with Crippen molar-refractivity contribution >= 4 is 17.6 Å². The number of hydrogen-bond donors (Lipinski definition) is 1. The molecule has 0 saturated heterocycles. The van der Waals surface area contributed by atoms with Crippen molar-refractivity contribution in [1.29, 1.82) is 0 Å². The minimum absolute atomic E-state index is 0.00946. The summed E-state index contributed by atoms with van der Waals surface area (Å²) in [5.74, 6) is -0.940. The van der Waals surface area contributed by atoms with Crippen LogP contribution in [0.4, 0.5) is 4.39 Å². The van der Waals surface area contributed by atoms with Gasteiger partial charge < -0.3 is 9.84 Å². The predicted octanol–water partition coefficient (Wildman–Crippen LogP) is 5.28. The van der Waals surface area contributed by atoms with Crippen LogP contribution < -0.4 is 5.56 Å². The number of benzene rings is 2. The molecule has 1 fully saturated rings. The van der Waals surface area contributed by atoms with Crippen LogP contribution in [0.1, 0.15) is 25.7 Å². The molecule has 0 bridgehead atoms. The van der Waals surface area contributed by atoms with Gasteiger partial charge in [0.15, 0.2) is 0 Å². The summed E-state index contributed by atoms with van der Waals surface area (Å²) in [5.41, 5.74) is 1.67. The van der Waals surface area contributed by atoms with Gasteiger partial charge in [0.2, 0.25) is 0 Å². The Labute approximate surface area is 202 Å². The number of carboxylic acids is 1. The summed E-state index contributed by atoms with van der Waals surface area (Å²) >= 11 is 6.00. The topological polar surface area (TPSA) is 81.4 Å². The molecule has 1 aromatic heterocycles. The Morgan fingerprint density at radius 2 is 1.76 bits per heavy atom. The van der Waals surface area contributed by atoms with Gasteiger partial charge in [0.05, 0.1) is 17.3 Å². The van der Waals surface area contributed by atoms with Crippen molar-refractivity contribution in [2.45, 2.75) is 32.2 Å². The molecule has 178 valence electrons. The third-order valence-electron chi connectivity index (χ3n) is 6.26. The van der Waals surface area contributed by atoms with Crippen molar-refractivity contribution < 1.29 is 19.0 Å². The normalized spacial score (nSPS) is 18.1. The molecule has 0 aliphatic heterocycles. The lowest BCUT2D eigenvalue weighted by atomic mass is 9.82. The van der Waals surface area contributed by atoms with Crippen molar-refractivity contribution in [2.75, 3.05) is 13.2 Å². The number of aromatic nitrogens is 2. The summed E-state index contributed by atoms with van der Waals surface area (Å²) < 4.78 is 21.6. The molecule has 1 aliphatic carbocycles. The Morgan fingerprint density at radius 3 is 2.47 bits per heavy atom. The maximum absolute atomic E-state index is 14.8. The Balaban J connectivity index is 1.57. The fourth-order valence-corrected chi connectivity index (χ4v) is 4.66. The summed E-state index contributed by atoms with van der Waals surface area (Å²) in [7, 11) is 0. The first kappa shape index (κ1) is 24.1. The number of carboxylic acid groups (broad SMARTS) is 1. The molecule has 3 aromatic rings. The highest BCUT2D eigenvalue weighted by Gasteiger charge is 2.24. The number of aliphatic carboxylic acids is 1. The molecule has 34 heavy (non-hydrogen) atoms. The van der Waals surface area contributed by atoms with Gasteiger partial charge in [0, 0.05) is 29.3 Å². The maximum Gasteiger partial charge on any atom is 0.329 e. The fraction of sp³-hybridized carbons (Fsp3) is 0.346. The minimum atomic E-state index is -0.963. The molecule has 0 atom stereocenters. The van der Waals surface area contributed by atoms with Crippen molar-refractivity contribution in [3.8, 4) is 22.4 Å². The monoisotopic (exact) mass is 484 g/mol. The van der Waals surface area contributed by atoms with E-state index in [0.717, 1.165) is 31.2 Å². The molecule has 0 amide bonds. The van der Waals surface area contributed by atoms with Gasteiger partial charge >= 0.3 is 5.97 Å². The number of rotatable bonds is 8. The molecule has 4 rings (SSSR count). The third kappa shape index (κ3) is 5.72. The average molecular weight is 485 g/mol. The van der Waals surface area contributed by atoms with Crippen LogP contribution in [0, 0.1) is 17.7 Å². The van der Waals surface area contributed by atoms with Gasteiger partial charge in [-0.15, -0.1) is 0 Å². The number of hydrogen-bond acceptors (Lipinski definition) is 4. The van der Waals surface area contributed by atoms with Gasteiger partial charge in [-0.3, -0.25) is 4.79 Å². The van der Waals surface area contributed by atoms with E-state index in [2.05, 4.69) is 5.10 Å². The molecule has 8 heteroatoms. The predicted molar refractivity (Wildman–Crippen MR) is 128 cm³/mol. The van der Waals surface area contributed by atoms with Crippen LogP contribution in [0.25, 0.3) is 22.4 Å². The van der Waals surface area contributed by atoms with Crippen molar-refractivity contribution in [3.63, 3.8) is 0 Å². The van der Waals surface area contributed by atoms with Gasteiger partial charge in [-0.25, -0.2) is 13.9 Å². The zero-order valence-electron chi connectivity index (χ0n) is 18.6. The van der Waals surface area contributed by atoms with Gasteiger partial charge in [0.25, 0.3) is 5.56 Å². The van der Waals surface area contributed by atoms with Crippen molar-refractivity contribution in [2.24, 2.45) is 11.8 Å². The van der Waals surface area contributed by atoms with Crippen LogP contribution >= 0.6 is 11.6 Å². The highest BCUT2D eigenvalue weighted by molar-refractivity contribution is 6.31. The molecule has 0 spiro atoms. The molecule has 6 nitrogen and oxygen atoms in total. The molecule has 1 saturated carbocycles. The zero-order chi connectivity index (χ0) is 24.1. The average Bonchev–Trinajstić information content (AvgIpc) is 2.83. The molecular formula is C26H26ClFN2O4.